The van der Waals surface area contributed by atoms with Gasteiger partial charge in [-0.2, -0.15) is 0 Å². The van der Waals surface area contributed by atoms with Gasteiger partial charge in [0.25, 0.3) is 5.91 Å². The zero-order valence-corrected chi connectivity index (χ0v) is 17.6. The van der Waals surface area contributed by atoms with Crippen molar-refractivity contribution in [2.24, 2.45) is 0 Å². The Bertz CT molecular complexity index is 1110. The van der Waals surface area contributed by atoms with Gasteiger partial charge in [0.05, 0.1) is 21.8 Å². The Labute approximate surface area is 180 Å². The number of amides is 1. The van der Waals surface area contributed by atoms with Crippen LogP contribution in [-0.2, 0) is 6.42 Å². The Morgan fingerprint density at radius 1 is 1.10 bits per heavy atom. The van der Waals surface area contributed by atoms with E-state index in [2.05, 4.69) is 53.4 Å². The molecule has 152 valence electrons. The first-order valence-corrected chi connectivity index (χ1v) is 10.3. The van der Waals surface area contributed by atoms with Crippen LogP contribution in [-0.4, -0.2) is 21.7 Å². The maximum absolute atomic E-state index is 12.7. The number of benzene rings is 2. The predicted octanol–water partition coefficient (Wildman–Crippen LogP) is 5.42. The van der Waals surface area contributed by atoms with Gasteiger partial charge in [-0.15, -0.1) is 0 Å². The van der Waals surface area contributed by atoms with Crippen LogP contribution in [0.25, 0.3) is 0 Å². The Hall–Kier alpha value is -3.05. The number of hydrogen-bond acceptors (Lipinski definition) is 4. The summed E-state index contributed by atoms with van der Waals surface area (Å²) in [7, 11) is 0. The molecule has 1 aliphatic carbocycles. The smallest absolute Gasteiger partial charge is 0.259 e. The largest absolute Gasteiger partial charge is 0.294 e. The first kappa shape index (κ1) is 20.2. The average Bonchev–Trinajstić information content (AvgIpc) is 2.73. The van der Waals surface area contributed by atoms with E-state index < -0.39 is 0 Å². The number of aromatic nitrogens is 2. The minimum Gasteiger partial charge on any atom is -0.294 e. The van der Waals surface area contributed by atoms with Crippen LogP contribution in [0.15, 0.2) is 54.7 Å². The molecule has 0 radical (unpaired) electrons. The standard InChI is InChI=1S/C24H22ClN3O2/c1-14(2)15-7-9-16(10-8-15)17-11-21-19(22(29)12-17)13-26-24(27-21)28-23(30)18-5-3-4-6-20(18)25/h3-10,13-14,17H,11-12H2,1-2H3,(H,26,27,28,30)/t17-/m1/s1. The van der Waals surface area contributed by atoms with Crippen molar-refractivity contribution in [1.82, 2.24) is 9.97 Å². The number of halogens is 1. The van der Waals surface area contributed by atoms with E-state index in [0.29, 0.717) is 40.6 Å². The lowest BCUT2D eigenvalue weighted by molar-refractivity contribution is 0.0962. The molecule has 1 N–H and O–H groups in total. The number of anilines is 1. The van der Waals surface area contributed by atoms with Crippen LogP contribution in [0.2, 0.25) is 5.02 Å². The minimum absolute atomic E-state index is 0.0261. The van der Waals surface area contributed by atoms with Crippen molar-refractivity contribution in [2.75, 3.05) is 5.32 Å². The molecule has 0 spiro atoms. The fourth-order valence-corrected chi connectivity index (χ4v) is 3.93. The second-order valence-corrected chi connectivity index (χ2v) is 8.24. The van der Waals surface area contributed by atoms with Crippen LogP contribution < -0.4 is 5.32 Å². The molecule has 1 aromatic heterocycles. The van der Waals surface area contributed by atoms with E-state index in [4.69, 9.17) is 11.6 Å². The third-order valence-corrected chi connectivity index (χ3v) is 5.79. The molecule has 6 heteroatoms. The number of carbonyl (C=O) groups excluding carboxylic acids is 2. The number of rotatable bonds is 4. The number of fused-ring (bicyclic) bond motifs is 1. The van der Waals surface area contributed by atoms with E-state index in [1.54, 1.807) is 24.3 Å². The van der Waals surface area contributed by atoms with E-state index in [-0.39, 0.29) is 23.6 Å². The Kier molecular flexibility index (Phi) is 5.64. The molecule has 0 bridgehead atoms. The second kappa shape index (κ2) is 8.36. The molecular formula is C24H22ClN3O2. The maximum atomic E-state index is 12.7. The minimum atomic E-state index is -0.386. The van der Waals surface area contributed by atoms with Gasteiger partial charge in [-0.1, -0.05) is 61.8 Å². The summed E-state index contributed by atoms with van der Waals surface area (Å²) in [5, 5.41) is 3.04. The highest BCUT2D eigenvalue weighted by atomic mass is 35.5. The van der Waals surface area contributed by atoms with Crippen LogP contribution >= 0.6 is 11.6 Å². The van der Waals surface area contributed by atoms with Gasteiger partial charge in [-0.05, 0) is 41.5 Å². The zero-order valence-electron chi connectivity index (χ0n) is 16.9. The Morgan fingerprint density at radius 3 is 2.53 bits per heavy atom. The number of Topliss-reactive ketones (excluding diaryl/α,β-unsaturated/α-hetero) is 1. The molecule has 0 aliphatic heterocycles. The van der Waals surface area contributed by atoms with Gasteiger partial charge in [-0.25, -0.2) is 9.97 Å². The average molecular weight is 420 g/mol. The summed E-state index contributed by atoms with van der Waals surface area (Å²) in [5.74, 6) is 0.335. The molecule has 0 fully saturated rings. The first-order chi connectivity index (χ1) is 14.4. The quantitative estimate of drug-likeness (QED) is 0.613. The lowest BCUT2D eigenvalue weighted by atomic mass is 9.81. The van der Waals surface area contributed by atoms with Gasteiger partial charge in [0.1, 0.15) is 0 Å². The molecule has 0 saturated heterocycles. The summed E-state index contributed by atoms with van der Waals surface area (Å²) in [5.41, 5.74) is 3.93. The van der Waals surface area contributed by atoms with Crippen LogP contribution in [0.1, 0.15) is 69.6 Å². The van der Waals surface area contributed by atoms with Gasteiger partial charge in [0, 0.05) is 12.6 Å². The molecule has 5 nitrogen and oxygen atoms in total. The molecule has 1 atom stereocenters. The normalized spacial score (nSPS) is 15.7. The summed E-state index contributed by atoms with van der Waals surface area (Å²) in [4.78, 5) is 33.8. The second-order valence-electron chi connectivity index (χ2n) is 7.84. The lowest BCUT2D eigenvalue weighted by Gasteiger charge is -2.23. The summed E-state index contributed by atoms with van der Waals surface area (Å²) in [6.45, 7) is 4.31. The number of nitrogens with one attached hydrogen (secondary N) is 1. The molecule has 1 heterocycles. The topological polar surface area (TPSA) is 72.0 Å². The van der Waals surface area contributed by atoms with Gasteiger partial charge in [0.2, 0.25) is 5.95 Å². The van der Waals surface area contributed by atoms with Crippen molar-refractivity contribution in [3.05, 3.63) is 87.7 Å². The number of hydrogen-bond donors (Lipinski definition) is 1. The van der Waals surface area contributed by atoms with Crippen molar-refractivity contribution >= 4 is 29.2 Å². The highest BCUT2D eigenvalue weighted by molar-refractivity contribution is 6.34. The van der Waals surface area contributed by atoms with Crippen molar-refractivity contribution in [2.45, 2.75) is 38.5 Å². The molecule has 1 amide bonds. The SMILES string of the molecule is CC(C)c1ccc([C@H]2CC(=O)c3cnc(NC(=O)c4ccccc4Cl)nc3C2)cc1. The molecule has 4 rings (SSSR count). The van der Waals surface area contributed by atoms with Gasteiger partial charge in [0.15, 0.2) is 5.78 Å². The number of carbonyl (C=O) groups is 2. The molecule has 3 aromatic rings. The third-order valence-electron chi connectivity index (χ3n) is 5.46. The van der Waals surface area contributed by atoms with E-state index in [1.807, 2.05) is 0 Å². The summed E-state index contributed by atoms with van der Waals surface area (Å²) < 4.78 is 0. The monoisotopic (exact) mass is 419 g/mol. The van der Waals surface area contributed by atoms with E-state index in [9.17, 15) is 9.59 Å². The van der Waals surface area contributed by atoms with E-state index >= 15 is 0 Å². The lowest BCUT2D eigenvalue weighted by Crippen LogP contribution is -2.22. The molecular weight excluding hydrogens is 398 g/mol. The predicted molar refractivity (Wildman–Crippen MR) is 117 cm³/mol. The van der Waals surface area contributed by atoms with Crippen molar-refractivity contribution < 1.29 is 9.59 Å². The summed E-state index contributed by atoms with van der Waals surface area (Å²) in [6, 6.07) is 15.2. The van der Waals surface area contributed by atoms with Gasteiger partial charge < -0.3 is 0 Å². The summed E-state index contributed by atoms with van der Waals surface area (Å²) >= 11 is 6.09. The first-order valence-electron chi connectivity index (χ1n) is 9.97. The third kappa shape index (κ3) is 4.12. The Balaban J connectivity index is 1.56. The molecule has 2 aromatic carbocycles. The van der Waals surface area contributed by atoms with Crippen molar-refractivity contribution in [1.29, 1.82) is 0 Å². The van der Waals surface area contributed by atoms with Crippen LogP contribution in [0, 0.1) is 0 Å². The number of ketones is 1. The van der Waals surface area contributed by atoms with E-state index in [0.717, 1.165) is 5.56 Å². The fourth-order valence-electron chi connectivity index (χ4n) is 3.71. The van der Waals surface area contributed by atoms with Crippen molar-refractivity contribution in [3.8, 4) is 0 Å². The van der Waals surface area contributed by atoms with Crippen LogP contribution in [0.5, 0.6) is 0 Å². The van der Waals surface area contributed by atoms with Crippen molar-refractivity contribution in [3.63, 3.8) is 0 Å². The summed E-state index contributed by atoms with van der Waals surface area (Å²) in [6.07, 6.45) is 2.56. The van der Waals surface area contributed by atoms with Gasteiger partial charge >= 0.3 is 0 Å². The molecule has 0 saturated carbocycles. The molecule has 0 unspecified atom stereocenters. The highest BCUT2D eigenvalue weighted by Crippen LogP contribution is 2.32. The molecule has 1 aliphatic rings. The van der Waals surface area contributed by atoms with Crippen LogP contribution in [0.3, 0.4) is 0 Å². The van der Waals surface area contributed by atoms with Crippen LogP contribution in [0.4, 0.5) is 5.95 Å². The zero-order chi connectivity index (χ0) is 21.3. The fraction of sp³-hybridized carbons (Fsp3) is 0.250. The molecule has 30 heavy (non-hydrogen) atoms. The number of nitrogens with zero attached hydrogens (tertiary/aromatic N) is 2. The maximum Gasteiger partial charge on any atom is 0.259 e. The Morgan fingerprint density at radius 2 is 1.83 bits per heavy atom. The van der Waals surface area contributed by atoms with Gasteiger partial charge in [-0.3, -0.25) is 14.9 Å². The van der Waals surface area contributed by atoms with E-state index in [1.165, 1.54) is 11.8 Å². The highest BCUT2D eigenvalue weighted by Gasteiger charge is 2.28.